The van der Waals surface area contributed by atoms with Crippen LogP contribution >= 0.6 is 0 Å². The van der Waals surface area contributed by atoms with E-state index in [1.165, 1.54) is 0 Å². The molecule has 1 heterocycles. The van der Waals surface area contributed by atoms with Crippen molar-refractivity contribution in [1.82, 2.24) is 4.98 Å². The van der Waals surface area contributed by atoms with Gasteiger partial charge < -0.3 is 0 Å². The summed E-state index contributed by atoms with van der Waals surface area (Å²) in [6.07, 6.45) is 1.59. The van der Waals surface area contributed by atoms with Crippen LogP contribution in [-0.2, 0) is 0 Å². The van der Waals surface area contributed by atoms with Crippen molar-refractivity contribution in [3.63, 3.8) is 0 Å². The van der Waals surface area contributed by atoms with Crippen molar-refractivity contribution in [3.8, 4) is 6.07 Å². The Kier molecular flexibility index (Phi) is 3.85. The smallest absolute Gasteiger partial charge is 0.101 e. The fourth-order valence-corrected chi connectivity index (χ4v) is 1.13. The van der Waals surface area contributed by atoms with E-state index in [1.54, 1.807) is 6.20 Å². The first-order chi connectivity index (χ1) is 7.31. The van der Waals surface area contributed by atoms with E-state index in [0.29, 0.717) is 5.56 Å². The zero-order chi connectivity index (χ0) is 11.1. The van der Waals surface area contributed by atoms with Crippen LogP contribution in [0.2, 0.25) is 0 Å². The lowest BCUT2D eigenvalue weighted by atomic mass is 10.2. The van der Waals surface area contributed by atoms with E-state index < -0.39 is 0 Å². The SMILES string of the molecule is C=C=C.N#Cc1cnc2ccccc2c1. The number of nitrogens with zero attached hydrogens (tertiary/aromatic N) is 2. The predicted molar refractivity (Wildman–Crippen MR) is 61.2 cm³/mol. The second-order valence-electron chi connectivity index (χ2n) is 2.78. The van der Waals surface area contributed by atoms with Gasteiger partial charge in [0.2, 0.25) is 0 Å². The van der Waals surface area contributed by atoms with Crippen LogP contribution in [0.25, 0.3) is 10.9 Å². The Bertz CT molecular complexity index is 529. The van der Waals surface area contributed by atoms with Gasteiger partial charge in [-0.1, -0.05) is 31.4 Å². The molecular formula is C13H10N2. The average molecular weight is 194 g/mol. The molecule has 0 unspecified atom stereocenters. The first kappa shape index (κ1) is 10.7. The molecule has 0 aliphatic carbocycles. The van der Waals surface area contributed by atoms with Gasteiger partial charge >= 0.3 is 0 Å². The lowest BCUT2D eigenvalue weighted by Crippen LogP contribution is -1.80. The normalized spacial score (nSPS) is 8.20. The molecule has 0 atom stereocenters. The molecular weight excluding hydrogens is 184 g/mol. The zero-order valence-electron chi connectivity index (χ0n) is 8.27. The molecule has 1 aromatic heterocycles. The Morgan fingerprint density at radius 1 is 1.20 bits per heavy atom. The maximum atomic E-state index is 8.61. The Balaban J connectivity index is 0.000000337. The number of aromatic nitrogens is 1. The molecule has 2 nitrogen and oxygen atoms in total. The molecule has 0 bridgehead atoms. The number of nitriles is 1. The van der Waals surface area contributed by atoms with Gasteiger partial charge in [-0.15, -0.1) is 5.73 Å². The quantitative estimate of drug-likeness (QED) is 0.604. The minimum Gasteiger partial charge on any atom is -0.255 e. The number of para-hydroxylation sites is 1. The summed E-state index contributed by atoms with van der Waals surface area (Å²) in [5.41, 5.74) is 3.78. The van der Waals surface area contributed by atoms with Crippen molar-refractivity contribution in [2.24, 2.45) is 0 Å². The lowest BCUT2D eigenvalue weighted by molar-refractivity contribution is 1.37. The summed E-state index contributed by atoms with van der Waals surface area (Å²) in [7, 11) is 0. The Hall–Kier alpha value is -2.36. The number of fused-ring (bicyclic) bond motifs is 1. The van der Waals surface area contributed by atoms with Gasteiger partial charge in [0, 0.05) is 11.6 Å². The molecule has 0 aliphatic heterocycles. The highest BCUT2D eigenvalue weighted by Crippen LogP contribution is 2.11. The van der Waals surface area contributed by atoms with Gasteiger partial charge in [-0.05, 0) is 12.1 Å². The zero-order valence-corrected chi connectivity index (χ0v) is 8.27. The average Bonchev–Trinajstić information content (AvgIpc) is 2.29. The molecule has 2 aromatic rings. The van der Waals surface area contributed by atoms with Gasteiger partial charge in [0.25, 0.3) is 0 Å². The van der Waals surface area contributed by atoms with Gasteiger partial charge in [-0.2, -0.15) is 5.26 Å². The summed E-state index contributed by atoms with van der Waals surface area (Å²) in [5, 5.41) is 9.62. The summed E-state index contributed by atoms with van der Waals surface area (Å²) in [6, 6.07) is 11.6. The molecule has 15 heavy (non-hydrogen) atoms. The molecule has 2 rings (SSSR count). The van der Waals surface area contributed by atoms with E-state index in [9.17, 15) is 0 Å². The van der Waals surface area contributed by atoms with E-state index in [1.807, 2.05) is 30.3 Å². The van der Waals surface area contributed by atoms with Crippen LogP contribution in [0.1, 0.15) is 5.56 Å². The number of benzene rings is 1. The van der Waals surface area contributed by atoms with Crippen LogP contribution in [0.5, 0.6) is 0 Å². The maximum Gasteiger partial charge on any atom is 0.101 e. The van der Waals surface area contributed by atoms with Crippen molar-refractivity contribution >= 4 is 10.9 Å². The van der Waals surface area contributed by atoms with Crippen LogP contribution < -0.4 is 0 Å². The Morgan fingerprint density at radius 2 is 1.87 bits per heavy atom. The van der Waals surface area contributed by atoms with E-state index >= 15 is 0 Å². The minimum absolute atomic E-state index is 0.605. The molecule has 0 aliphatic rings. The first-order valence-electron chi connectivity index (χ1n) is 4.36. The summed E-state index contributed by atoms with van der Waals surface area (Å²) >= 11 is 0. The standard InChI is InChI=1S/C10H6N2.C3H4/c11-6-8-5-9-3-1-2-4-10(9)12-7-8;1-3-2/h1-5,7H;1-2H2. The first-order valence-corrected chi connectivity index (χ1v) is 4.36. The molecule has 0 saturated heterocycles. The third-order valence-electron chi connectivity index (χ3n) is 1.72. The minimum atomic E-state index is 0.605. The van der Waals surface area contributed by atoms with Crippen molar-refractivity contribution in [1.29, 1.82) is 5.26 Å². The number of pyridine rings is 1. The monoisotopic (exact) mass is 194 g/mol. The molecule has 72 valence electrons. The largest absolute Gasteiger partial charge is 0.255 e. The predicted octanol–water partition coefficient (Wildman–Crippen LogP) is 3.06. The van der Waals surface area contributed by atoms with Crippen molar-refractivity contribution in [3.05, 3.63) is 61.0 Å². The molecule has 0 radical (unpaired) electrons. The molecule has 0 saturated carbocycles. The van der Waals surface area contributed by atoms with Gasteiger partial charge in [0.05, 0.1) is 11.1 Å². The van der Waals surface area contributed by atoms with Crippen molar-refractivity contribution in [2.45, 2.75) is 0 Å². The van der Waals surface area contributed by atoms with E-state index in [4.69, 9.17) is 5.26 Å². The van der Waals surface area contributed by atoms with Crippen LogP contribution in [0.4, 0.5) is 0 Å². The van der Waals surface area contributed by atoms with Crippen LogP contribution in [0.15, 0.2) is 55.4 Å². The van der Waals surface area contributed by atoms with E-state index in [-0.39, 0.29) is 0 Å². The van der Waals surface area contributed by atoms with Crippen LogP contribution in [0.3, 0.4) is 0 Å². The van der Waals surface area contributed by atoms with Gasteiger partial charge in [0.15, 0.2) is 0 Å². The second kappa shape index (κ2) is 5.39. The fraction of sp³-hybridized carbons (Fsp3) is 0. The summed E-state index contributed by atoms with van der Waals surface area (Å²) in [4.78, 5) is 4.13. The highest BCUT2D eigenvalue weighted by molar-refractivity contribution is 5.79. The molecule has 1 aromatic carbocycles. The van der Waals surface area contributed by atoms with Gasteiger partial charge in [-0.3, -0.25) is 4.98 Å². The Labute approximate surface area is 88.8 Å². The number of hydrogen-bond acceptors (Lipinski definition) is 2. The highest BCUT2D eigenvalue weighted by atomic mass is 14.6. The van der Waals surface area contributed by atoms with Crippen LogP contribution in [-0.4, -0.2) is 4.98 Å². The molecule has 0 spiro atoms. The summed E-state index contributed by atoms with van der Waals surface area (Å²) in [6.45, 7) is 6.25. The summed E-state index contributed by atoms with van der Waals surface area (Å²) in [5.74, 6) is 0. The maximum absolute atomic E-state index is 8.61. The van der Waals surface area contributed by atoms with E-state index in [0.717, 1.165) is 10.9 Å². The van der Waals surface area contributed by atoms with E-state index in [2.05, 4.69) is 29.9 Å². The topological polar surface area (TPSA) is 36.7 Å². The molecule has 0 fully saturated rings. The number of rotatable bonds is 0. The van der Waals surface area contributed by atoms with Crippen molar-refractivity contribution in [2.75, 3.05) is 0 Å². The third kappa shape index (κ3) is 2.80. The highest BCUT2D eigenvalue weighted by Gasteiger charge is 1.94. The fourth-order valence-electron chi connectivity index (χ4n) is 1.13. The van der Waals surface area contributed by atoms with Crippen LogP contribution in [0, 0.1) is 11.3 Å². The van der Waals surface area contributed by atoms with Gasteiger partial charge in [-0.25, -0.2) is 0 Å². The Morgan fingerprint density at radius 3 is 2.53 bits per heavy atom. The van der Waals surface area contributed by atoms with Gasteiger partial charge in [0.1, 0.15) is 6.07 Å². The molecule has 0 N–H and O–H groups in total. The second-order valence-corrected chi connectivity index (χ2v) is 2.78. The summed E-state index contributed by atoms with van der Waals surface area (Å²) < 4.78 is 0. The number of hydrogen-bond donors (Lipinski definition) is 0. The molecule has 0 amide bonds. The third-order valence-corrected chi connectivity index (χ3v) is 1.72. The molecule has 2 heteroatoms. The van der Waals surface area contributed by atoms with Crippen molar-refractivity contribution < 1.29 is 0 Å². The lowest BCUT2D eigenvalue weighted by Gasteiger charge is -1.94.